The highest BCUT2D eigenvalue weighted by Gasteiger charge is 2.11. The minimum atomic E-state index is -0.337. The first-order valence-electron chi connectivity index (χ1n) is 9.87. The van der Waals surface area contributed by atoms with Crippen molar-refractivity contribution >= 4 is 23.2 Å². The lowest BCUT2D eigenvalue weighted by molar-refractivity contribution is 0.101. The van der Waals surface area contributed by atoms with Gasteiger partial charge in [-0.15, -0.1) is 0 Å². The zero-order chi connectivity index (χ0) is 22.3. The van der Waals surface area contributed by atoms with Crippen LogP contribution in [-0.4, -0.2) is 28.9 Å². The van der Waals surface area contributed by atoms with E-state index in [1.54, 1.807) is 43.5 Å². The van der Waals surface area contributed by atoms with Crippen LogP contribution in [0.4, 0.5) is 11.4 Å². The van der Waals surface area contributed by atoms with Crippen LogP contribution in [0, 0.1) is 0 Å². The van der Waals surface area contributed by atoms with E-state index in [0.717, 1.165) is 5.56 Å². The molecule has 1 aromatic heterocycles. The van der Waals surface area contributed by atoms with Crippen LogP contribution in [0.15, 0.2) is 91.3 Å². The minimum Gasteiger partial charge on any atom is -0.495 e. The molecule has 32 heavy (non-hydrogen) atoms. The number of nitrogens with one attached hydrogen (secondary N) is 2. The van der Waals surface area contributed by atoms with E-state index in [4.69, 9.17) is 4.74 Å². The molecule has 0 saturated carbocycles. The number of hydrogen-bond acceptors (Lipinski definition) is 5. The molecule has 0 aliphatic carbocycles. The molecule has 2 N–H and O–H groups in total. The summed E-state index contributed by atoms with van der Waals surface area (Å²) < 4.78 is 5.25. The molecule has 0 unspecified atom stereocenters. The van der Waals surface area contributed by atoms with Gasteiger partial charge in [0.15, 0.2) is 5.82 Å². The van der Waals surface area contributed by atoms with Crippen LogP contribution in [0.3, 0.4) is 0 Å². The van der Waals surface area contributed by atoms with Gasteiger partial charge in [0.2, 0.25) is 0 Å². The van der Waals surface area contributed by atoms with Gasteiger partial charge in [0.1, 0.15) is 5.75 Å². The lowest BCUT2D eigenvalue weighted by atomic mass is 10.1. The van der Waals surface area contributed by atoms with Gasteiger partial charge in [-0.1, -0.05) is 42.5 Å². The Bertz CT molecular complexity index is 1220. The second-order valence-corrected chi connectivity index (χ2v) is 6.85. The Labute approximate surface area is 185 Å². The fourth-order valence-electron chi connectivity index (χ4n) is 3.03. The summed E-state index contributed by atoms with van der Waals surface area (Å²) in [6.07, 6.45) is 2.97. The summed E-state index contributed by atoms with van der Waals surface area (Å²) in [7, 11) is 1.54. The van der Waals surface area contributed by atoms with E-state index in [9.17, 15) is 9.59 Å². The number of carbonyl (C=O) groups is 2. The lowest BCUT2D eigenvalue weighted by Gasteiger charge is -2.10. The van der Waals surface area contributed by atoms with Gasteiger partial charge in [0.25, 0.3) is 11.8 Å². The Morgan fingerprint density at radius 2 is 1.34 bits per heavy atom. The molecule has 1 heterocycles. The third kappa shape index (κ3) is 4.79. The van der Waals surface area contributed by atoms with E-state index in [1.165, 1.54) is 12.4 Å². The monoisotopic (exact) mass is 424 g/mol. The highest BCUT2D eigenvalue weighted by molar-refractivity contribution is 6.06. The molecule has 0 saturated heterocycles. The third-order valence-electron chi connectivity index (χ3n) is 4.71. The number of amides is 2. The number of methoxy groups -OCH3 is 1. The second-order valence-electron chi connectivity index (χ2n) is 6.85. The highest BCUT2D eigenvalue weighted by atomic mass is 16.5. The van der Waals surface area contributed by atoms with Gasteiger partial charge in [-0.2, -0.15) is 0 Å². The van der Waals surface area contributed by atoms with Crippen LogP contribution in [0.2, 0.25) is 0 Å². The number of aromatic nitrogens is 2. The summed E-state index contributed by atoms with van der Waals surface area (Å²) in [4.78, 5) is 33.6. The molecule has 7 nitrogen and oxygen atoms in total. The van der Waals surface area contributed by atoms with Crippen molar-refractivity contribution in [3.05, 3.63) is 102 Å². The third-order valence-corrected chi connectivity index (χ3v) is 4.71. The minimum absolute atomic E-state index is 0.280. The first kappa shape index (κ1) is 20.7. The summed E-state index contributed by atoms with van der Waals surface area (Å²) in [5.41, 5.74) is 2.79. The van der Waals surface area contributed by atoms with Gasteiger partial charge in [-0.05, 0) is 36.4 Å². The van der Waals surface area contributed by atoms with Gasteiger partial charge >= 0.3 is 0 Å². The standard InChI is InChI=1S/C25H20N4O3/c1-32-22-10-6-5-9-21(22)29-24(30)18-11-13-20(14-12-18)28-25(31)19-15-26-23(27-16-19)17-7-3-2-4-8-17/h2-16H,1H3,(H,28,31)(H,29,30). The number of rotatable bonds is 6. The van der Waals surface area contributed by atoms with Gasteiger partial charge in [0.05, 0.1) is 18.4 Å². The number of anilines is 2. The molecule has 0 spiro atoms. The maximum atomic E-state index is 12.5. The molecule has 0 radical (unpaired) electrons. The number of carbonyl (C=O) groups excluding carboxylic acids is 2. The molecular formula is C25H20N4O3. The normalized spacial score (nSPS) is 10.3. The van der Waals surface area contributed by atoms with Crippen molar-refractivity contribution in [2.75, 3.05) is 17.7 Å². The fourth-order valence-corrected chi connectivity index (χ4v) is 3.03. The average Bonchev–Trinajstić information content (AvgIpc) is 2.85. The van der Waals surface area contributed by atoms with Crippen LogP contribution in [0.25, 0.3) is 11.4 Å². The van der Waals surface area contributed by atoms with E-state index < -0.39 is 0 Å². The Morgan fingerprint density at radius 3 is 2.03 bits per heavy atom. The van der Waals surface area contributed by atoms with Crippen molar-refractivity contribution in [1.29, 1.82) is 0 Å². The zero-order valence-electron chi connectivity index (χ0n) is 17.3. The number of hydrogen-bond donors (Lipinski definition) is 2. The Morgan fingerprint density at radius 1 is 0.719 bits per heavy atom. The van der Waals surface area contributed by atoms with Crippen LogP contribution in [-0.2, 0) is 0 Å². The van der Waals surface area contributed by atoms with Gasteiger partial charge in [-0.3, -0.25) is 9.59 Å². The van der Waals surface area contributed by atoms with Crippen molar-refractivity contribution in [1.82, 2.24) is 9.97 Å². The van der Waals surface area contributed by atoms with Crippen LogP contribution < -0.4 is 15.4 Å². The van der Waals surface area contributed by atoms with E-state index in [-0.39, 0.29) is 11.8 Å². The van der Waals surface area contributed by atoms with E-state index in [1.807, 2.05) is 42.5 Å². The Balaban J connectivity index is 1.40. The maximum Gasteiger partial charge on any atom is 0.258 e. The summed E-state index contributed by atoms with van der Waals surface area (Å²) >= 11 is 0. The number of nitrogens with zero attached hydrogens (tertiary/aromatic N) is 2. The molecule has 158 valence electrons. The molecule has 2 amide bonds. The Hall–Kier alpha value is -4.52. The topological polar surface area (TPSA) is 93.2 Å². The zero-order valence-corrected chi connectivity index (χ0v) is 17.3. The number of para-hydroxylation sites is 2. The molecule has 0 fully saturated rings. The van der Waals surface area contributed by atoms with Gasteiger partial charge in [-0.25, -0.2) is 9.97 Å². The lowest BCUT2D eigenvalue weighted by Crippen LogP contribution is -2.14. The largest absolute Gasteiger partial charge is 0.495 e. The summed E-state index contributed by atoms with van der Waals surface area (Å²) in [5.74, 6) is 0.505. The van der Waals surface area contributed by atoms with Crippen molar-refractivity contribution in [3.8, 4) is 17.1 Å². The van der Waals surface area contributed by atoms with E-state index in [0.29, 0.717) is 34.1 Å². The molecule has 4 rings (SSSR count). The molecule has 4 aromatic rings. The molecule has 0 aliphatic heterocycles. The SMILES string of the molecule is COc1ccccc1NC(=O)c1ccc(NC(=O)c2cnc(-c3ccccc3)nc2)cc1. The predicted molar refractivity (Wildman–Crippen MR) is 123 cm³/mol. The molecule has 0 atom stereocenters. The quantitative estimate of drug-likeness (QED) is 0.470. The summed E-state index contributed by atoms with van der Waals surface area (Å²) in [5, 5.41) is 5.60. The van der Waals surface area contributed by atoms with Crippen LogP contribution >= 0.6 is 0 Å². The van der Waals surface area contributed by atoms with E-state index >= 15 is 0 Å². The maximum absolute atomic E-state index is 12.5. The molecule has 0 bridgehead atoms. The Kier molecular flexibility index (Phi) is 6.17. The average molecular weight is 424 g/mol. The smallest absolute Gasteiger partial charge is 0.258 e. The number of benzene rings is 3. The molecule has 3 aromatic carbocycles. The number of ether oxygens (including phenoxy) is 1. The second kappa shape index (κ2) is 9.53. The predicted octanol–water partition coefficient (Wildman–Crippen LogP) is 4.66. The first-order chi connectivity index (χ1) is 15.6. The van der Waals surface area contributed by atoms with E-state index in [2.05, 4.69) is 20.6 Å². The first-order valence-corrected chi connectivity index (χ1v) is 9.87. The van der Waals surface area contributed by atoms with Crippen molar-refractivity contribution in [2.45, 2.75) is 0 Å². The van der Waals surface area contributed by atoms with Crippen molar-refractivity contribution in [2.24, 2.45) is 0 Å². The van der Waals surface area contributed by atoms with Crippen LogP contribution in [0.1, 0.15) is 20.7 Å². The molecule has 7 heteroatoms. The highest BCUT2D eigenvalue weighted by Crippen LogP contribution is 2.24. The molecule has 0 aliphatic rings. The summed E-state index contributed by atoms with van der Waals surface area (Å²) in [6, 6.07) is 23.3. The van der Waals surface area contributed by atoms with Crippen LogP contribution in [0.5, 0.6) is 5.75 Å². The van der Waals surface area contributed by atoms with Gasteiger partial charge < -0.3 is 15.4 Å². The fraction of sp³-hybridized carbons (Fsp3) is 0.0400. The summed E-state index contributed by atoms with van der Waals surface area (Å²) in [6.45, 7) is 0. The van der Waals surface area contributed by atoms with Gasteiger partial charge in [0, 0.05) is 29.2 Å². The van der Waals surface area contributed by atoms with Crippen molar-refractivity contribution in [3.63, 3.8) is 0 Å². The van der Waals surface area contributed by atoms with Crippen molar-refractivity contribution < 1.29 is 14.3 Å². The molecular weight excluding hydrogens is 404 g/mol.